The van der Waals surface area contributed by atoms with Crippen LogP contribution < -0.4 is 12.4 Å². The zero-order valence-corrected chi connectivity index (χ0v) is 8.57. The van der Waals surface area contributed by atoms with E-state index in [1.54, 1.807) is 6.07 Å². The van der Waals surface area contributed by atoms with E-state index in [0.29, 0.717) is 15.7 Å². The first-order valence-corrected chi connectivity index (χ1v) is 4.41. The summed E-state index contributed by atoms with van der Waals surface area (Å²) < 4.78 is 0.926. The van der Waals surface area contributed by atoms with E-state index in [2.05, 4.69) is 9.96 Å². The first kappa shape index (κ1) is 10.2. The predicted octanol–water partition coefficient (Wildman–Crippen LogP) is 0.438. The highest BCUT2D eigenvalue weighted by Gasteiger charge is 2.16. The summed E-state index contributed by atoms with van der Waals surface area (Å²) in [5, 5.41) is 9.37. The molecule has 0 saturated heterocycles. The van der Waals surface area contributed by atoms with Gasteiger partial charge in [0.1, 0.15) is 0 Å². The lowest BCUT2D eigenvalue weighted by atomic mass is 10.3. The van der Waals surface area contributed by atoms with Crippen LogP contribution in [0, 0.1) is 5.39 Å². The van der Waals surface area contributed by atoms with Crippen molar-refractivity contribution in [1.29, 1.82) is 5.39 Å². The lowest BCUT2D eigenvalue weighted by Crippen LogP contribution is -3.00. The zero-order valence-electron chi connectivity index (χ0n) is 6.24. The van der Waals surface area contributed by atoms with Gasteiger partial charge in [-0.25, -0.2) is 0 Å². The van der Waals surface area contributed by atoms with Crippen LogP contribution >= 0.6 is 22.9 Å². The molecule has 0 spiro atoms. The minimum Gasteiger partial charge on any atom is -1.00 e. The number of nitrogens with zero attached hydrogens (tertiary/aromatic N) is 3. The first-order valence-electron chi connectivity index (χ1n) is 3.21. The molecular formula is C7H3Cl2N3S. The van der Waals surface area contributed by atoms with Crippen LogP contribution in [0.25, 0.3) is 15.2 Å². The van der Waals surface area contributed by atoms with E-state index in [0.717, 1.165) is 4.70 Å². The highest BCUT2D eigenvalue weighted by atomic mass is 35.5. The van der Waals surface area contributed by atoms with Gasteiger partial charge in [0.05, 0.1) is 15.1 Å². The van der Waals surface area contributed by atoms with Gasteiger partial charge in [0.15, 0.2) is 0 Å². The molecule has 2 aromatic rings. The van der Waals surface area contributed by atoms with Crippen molar-refractivity contribution < 1.29 is 12.4 Å². The molecule has 0 aliphatic carbocycles. The standard InChI is InChI=1S/C7H3ClN3S.ClH/c8-4-2-1-3-5-6(4)10-7(11-9)12-5;/h1-3H;1H/q+1;/p-1. The molecule has 66 valence electrons. The number of fused-ring (bicyclic) bond motifs is 1. The molecular weight excluding hydrogens is 229 g/mol. The highest BCUT2D eigenvalue weighted by Crippen LogP contribution is 2.31. The minimum absolute atomic E-state index is 0. The van der Waals surface area contributed by atoms with Gasteiger partial charge < -0.3 is 12.4 Å². The molecule has 0 amide bonds. The fraction of sp³-hybridized carbons (Fsp3) is 0. The van der Waals surface area contributed by atoms with Crippen molar-refractivity contribution >= 4 is 38.3 Å². The summed E-state index contributed by atoms with van der Waals surface area (Å²) in [7, 11) is 0. The molecule has 0 saturated carbocycles. The third-order valence-electron chi connectivity index (χ3n) is 1.44. The molecule has 1 aromatic heterocycles. The van der Waals surface area contributed by atoms with Crippen molar-refractivity contribution in [2.24, 2.45) is 0 Å². The average Bonchev–Trinajstić information content (AvgIpc) is 2.49. The van der Waals surface area contributed by atoms with E-state index in [1.807, 2.05) is 12.1 Å². The Morgan fingerprint density at radius 3 is 2.85 bits per heavy atom. The first-order chi connectivity index (χ1) is 5.81. The molecule has 0 atom stereocenters. The van der Waals surface area contributed by atoms with E-state index in [9.17, 15) is 0 Å². The van der Waals surface area contributed by atoms with Gasteiger partial charge in [0, 0.05) is 4.98 Å². The number of para-hydroxylation sites is 1. The second-order valence-electron chi connectivity index (χ2n) is 2.18. The lowest BCUT2D eigenvalue weighted by Gasteiger charge is -1.83. The fourth-order valence-corrected chi connectivity index (χ4v) is 1.99. The van der Waals surface area contributed by atoms with Gasteiger partial charge in [-0.1, -0.05) is 17.7 Å². The van der Waals surface area contributed by atoms with E-state index in [4.69, 9.17) is 17.0 Å². The fourth-order valence-electron chi connectivity index (χ4n) is 0.946. The van der Waals surface area contributed by atoms with Crippen molar-refractivity contribution in [1.82, 2.24) is 4.98 Å². The summed E-state index contributed by atoms with van der Waals surface area (Å²) in [6.45, 7) is 0. The normalized spacial score (nSPS) is 9.23. The van der Waals surface area contributed by atoms with Crippen LogP contribution in [0.2, 0.25) is 5.02 Å². The Hall–Kier alpha value is -0.890. The van der Waals surface area contributed by atoms with Crippen molar-refractivity contribution in [3.8, 4) is 0 Å². The van der Waals surface area contributed by atoms with Crippen LogP contribution in [-0.4, -0.2) is 4.98 Å². The minimum atomic E-state index is 0. The molecule has 0 N–H and O–H groups in total. The summed E-state index contributed by atoms with van der Waals surface area (Å²) in [5.74, 6) is 0. The Morgan fingerprint density at radius 1 is 1.46 bits per heavy atom. The summed E-state index contributed by atoms with van der Waals surface area (Å²) >= 11 is 7.15. The van der Waals surface area contributed by atoms with Crippen molar-refractivity contribution in [3.05, 3.63) is 28.2 Å². The molecule has 0 aliphatic heterocycles. The maximum absolute atomic E-state index is 8.46. The third kappa shape index (κ3) is 1.73. The quantitative estimate of drug-likeness (QED) is 0.618. The number of thiazole rings is 1. The number of rotatable bonds is 0. The molecule has 1 heterocycles. The largest absolute Gasteiger partial charge is 1.00 e. The van der Waals surface area contributed by atoms with Crippen LogP contribution in [0.5, 0.6) is 0 Å². The second-order valence-corrected chi connectivity index (χ2v) is 3.60. The van der Waals surface area contributed by atoms with Gasteiger partial charge in [0.25, 0.3) is 0 Å². The Bertz CT molecular complexity index is 474. The van der Waals surface area contributed by atoms with Crippen LogP contribution in [0.15, 0.2) is 18.2 Å². The number of hydrogen-bond donors (Lipinski definition) is 0. The Kier molecular flexibility index (Phi) is 3.04. The van der Waals surface area contributed by atoms with E-state index >= 15 is 0 Å². The maximum Gasteiger partial charge on any atom is 0.524 e. The number of hydrogen-bond acceptors (Lipinski definition) is 3. The van der Waals surface area contributed by atoms with E-state index in [1.165, 1.54) is 11.3 Å². The summed E-state index contributed by atoms with van der Waals surface area (Å²) in [6, 6.07) is 5.47. The molecule has 0 bridgehead atoms. The predicted molar refractivity (Wildman–Crippen MR) is 49.4 cm³/mol. The smallest absolute Gasteiger partial charge is 0.524 e. The van der Waals surface area contributed by atoms with E-state index < -0.39 is 0 Å². The van der Waals surface area contributed by atoms with Gasteiger partial charge in [0.2, 0.25) is 5.52 Å². The van der Waals surface area contributed by atoms with Crippen LogP contribution in [0.4, 0.5) is 5.13 Å². The van der Waals surface area contributed by atoms with Gasteiger partial charge in [-0.2, -0.15) is 0 Å². The zero-order chi connectivity index (χ0) is 8.55. The average molecular weight is 232 g/mol. The summed E-state index contributed by atoms with van der Waals surface area (Å²) in [4.78, 5) is 7.00. The van der Waals surface area contributed by atoms with E-state index in [-0.39, 0.29) is 12.4 Å². The third-order valence-corrected chi connectivity index (χ3v) is 2.65. The van der Waals surface area contributed by atoms with Crippen LogP contribution in [-0.2, 0) is 0 Å². The number of aromatic nitrogens is 1. The van der Waals surface area contributed by atoms with Gasteiger partial charge >= 0.3 is 5.13 Å². The molecule has 0 unspecified atom stereocenters. The van der Waals surface area contributed by atoms with Crippen molar-refractivity contribution in [3.63, 3.8) is 0 Å². The Balaban J connectivity index is 0.000000845. The highest BCUT2D eigenvalue weighted by molar-refractivity contribution is 7.22. The molecule has 6 heteroatoms. The molecule has 13 heavy (non-hydrogen) atoms. The Morgan fingerprint density at radius 2 is 2.23 bits per heavy atom. The summed E-state index contributed by atoms with van der Waals surface area (Å²) in [5.41, 5.74) is 0.692. The number of halogens is 2. The summed E-state index contributed by atoms with van der Waals surface area (Å²) in [6.07, 6.45) is 0. The van der Waals surface area contributed by atoms with Crippen molar-refractivity contribution in [2.45, 2.75) is 0 Å². The molecule has 3 nitrogen and oxygen atoms in total. The lowest BCUT2D eigenvalue weighted by molar-refractivity contribution is -0.00000247. The van der Waals surface area contributed by atoms with Gasteiger partial charge in [-0.15, -0.1) is 0 Å². The maximum atomic E-state index is 8.46. The molecule has 1 aromatic carbocycles. The monoisotopic (exact) mass is 231 g/mol. The van der Waals surface area contributed by atoms with Gasteiger partial charge in [-0.3, -0.25) is 0 Å². The van der Waals surface area contributed by atoms with Crippen molar-refractivity contribution in [2.75, 3.05) is 0 Å². The molecule has 0 radical (unpaired) electrons. The second kappa shape index (κ2) is 3.88. The molecule has 2 rings (SSSR count). The number of diazo groups is 1. The molecule has 0 fully saturated rings. The van der Waals surface area contributed by atoms with Gasteiger partial charge in [-0.05, 0) is 28.5 Å². The topological polar surface area (TPSA) is 41.0 Å². The van der Waals surface area contributed by atoms with Crippen LogP contribution in [0.1, 0.15) is 0 Å². The molecule has 0 aliphatic rings. The van der Waals surface area contributed by atoms with Crippen LogP contribution in [0.3, 0.4) is 0 Å². The number of benzene rings is 1. The SMILES string of the molecule is N#[N+]c1nc2c(Cl)cccc2s1.[Cl-]. The Labute approximate surface area is 89.4 Å².